The molecule has 0 bridgehead atoms. The molecule has 1 aliphatic heterocycles. The molecule has 0 amide bonds. The number of fused-ring (bicyclic) bond motifs is 1. The van der Waals surface area contributed by atoms with Crippen molar-refractivity contribution in [1.29, 1.82) is 0 Å². The first kappa shape index (κ1) is 13.1. The van der Waals surface area contributed by atoms with Crippen LogP contribution in [0.3, 0.4) is 0 Å². The van der Waals surface area contributed by atoms with Gasteiger partial charge in [0.15, 0.2) is 0 Å². The molecule has 3 rings (SSSR count). The molecule has 0 radical (unpaired) electrons. The fourth-order valence-corrected chi connectivity index (χ4v) is 3.63. The minimum atomic E-state index is -0.676. The van der Waals surface area contributed by atoms with Crippen molar-refractivity contribution in [2.45, 2.75) is 50.2 Å². The van der Waals surface area contributed by atoms with Crippen LogP contribution in [0.15, 0.2) is 24.3 Å². The lowest BCUT2D eigenvalue weighted by Crippen LogP contribution is -2.56. The van der Waals surface area contributed by atoms with Gasteiger partial charge in [-0.15, -0.1) is 0 Å². The van der Waals surface area contributed by atoms with Gasteiger partial charge in [0.25, 0.3) is 0 Å². The van der Waals surface area contributed by atoms with Crippen molar-refractivity contribution >= 4 is 0 Å². The summed E-state index contributed by atoms with van der Waals surface area (Å²) in [7, 11) is 0. The monoisotopic (exact) mass is 264 g/mol. The molecule has 1 saturated carbocycles. The van der Waals surface area contributed by atoms with Crippen molar-refractivity contribution in [1.82, 2.24) is 0 Å². The summed E-state index contributed by atoms with van der Waals surface area (Å²) in [6.07, 6.45) is 5.74. The number of hydrogen-bond donors (Lipinski definition) is 1. The fraction of sp³-hybridized carbons (Fsp3) is 0.625. The summed E-state index contributed by atoms with van der Waals surface area (Å²) >= 11 is 0. The average molecular weight is 264 g/mol. The smallest absolute Gasteiger partial charge is 0.123 e. The maximum atomic E-state index is 12.9. The summed E-state index contributed by atoms with van der Waals surface area (Å²) in [5, 5.41) is 11.0. The number of benzene rings is 1. The Hall–Kier alpha value is -0.930. The number of hydrogen-bond acceptors (Lipinski definition) is 2. The zero-order chi connectivity index (χ0) is 13.3. The molecule has 1 saturated heterocycles. The van der Waals surface area contributed by atoms with Gasteiger partial charge in [0.2, 0.25) is 0 Å². The van der Waals surface area contributed by atoms with Crippen LogP contribution < -0.4 is 0 Å². The maximum absolute atomic E-state index is 12.9. The molecule has 2 nitrogen and oxygen atoms in total. The highest BCUT2D eigenvalue weighted by molar-refractivity contribution is 5.18. The molecule has 0 aromatic heterocycles. The third-order valence-corrected chi connectivity index (χ3v) is 4.74. The topological polar surface area (TPSA) is 29.5 Å². The van der Waals surface area contributed by atoms with Gasteiger partial charge in [-0.25, -0.2) is 4.39 Å². The predicted octanol–water partition coefficient (Wildman–Crippen LogP) is 3.08. The van der Waals surface area contributed by atoms with E-state index in [4.69, 9.17) is 4.74 Å². The summed E-state index contributed by atoms with van der Waals surface area (Å²) in [6, 6.07) is 6.64. The molecule has 0 spiro atoms. The summed E-state index contributed by atoms with van der Waals surface area (Å²) in [5.74, 6) is 0.0296. The molecule has 2 fully saturated rings. The van der Waals surface area contributed by atoms with Crippen molar-refractivity contribution in [3.05, 3.63) is 35.6 Å². The zero-order valence-electron chi connectivity index (χ0n) is 11.1. The van der Waals surface area contributed by atoms with Gasteiger partial charge in [0.05, 0.1) is 11.7 Å². The lowest BCUT2D eigenvalue weighted by atomic mass is 9.69. The van der Waals surface area contributed by atoms with Crippen molar-refractivity contribution in [3.63, 3.8) is 0 Å². The molecule has 1 aromatic carbocycles. The highest BCUT2D eigenvalue weighted by Crippen LogP contribution is 2.42. The highest BCUT2D eigenvalue weighted by Gasteiger charge is 2.48. The molecule has 19 heavy (non-hydrogen) atoms. The lowest BCUT2D eigenvalue weighted by molar-refractivity contribution is -0.194. The van der Waals surface area contributed by atoms with Crippen LogP contribution in [0.5, 0.6) is 0 Å². The van der Waals surface area contributed by atoms with Crippen LogP contribution in [-0.2, 0) is 11.2 Å². The van der Waals surface area contributed by atoms with Gasteiger partial charge in [-0.2, -0.15) is 0 Å². The van der Waals surface area contributed by atoms with Crippen LogP contribution in [0.4, 0.5) is 4.39 Å². The Morgan fingerprint density at radius 3 is 2.79 bits per heavy atom. The van der Waals surface area contributed by atoms with Gasteiger partial charge < -0.3 is 9.84 Å². The SMILES string of the molecule is O[C@]12CCCC[C@@H]1OCC[C@H]2Cc1ccc(F)cc1. The summed E-state index contributed by atoms with van der Waals surface area (Å²) in [5.41, 5.74) is 0.427. The van der Waals surface area contributed by atoms with E-state index in [1.54, 1.807) is 0 Å². The molecule has 1 aliphatic carbocycles. The molecule has 2 aliphatic rings. The average Bonchev–Trinajstić information content (AvgIpc) is 2.42. The highest BCUT2D eigenvalue weighted by atomic mass is 19.1. The van der Waals surface area contributed by atoms with E-state index in [-0.39, 0.29) is 17.8 Å². The van der Waals surface area contributed by atoms with E-state index in [1.165, 1.54) is 12.1 Å². The fourth-order valence-electron chi connectivity index (χ4n) is 3.63. The van der Waals surface area contributed by atoms with Crippen molar-refractivity contribution in [2.24, 2.45) is 5.92 Å². The first-order valence-electron chi connectivity index (χ1n) is 7.27. The van der Waals surface area contributed by atoms with Crippen LogP contribution >= 0.6 is 0 Å². The maximum Gasteiger partial charge on any atom is 0.123 e. The van der Waals surface area contributed by atoms with Gasteiger partial charge >= 0.3 is 0 Å². The molecule has 3 heteroatoms. The van der Waals surface area contributed by atoms with E-state index in [0.717, 1.165) is 50.7 Å². The van der Waals surface area contributed by atoms with Crippen molar-refractivity contribution in [2.75, 3.05) is 6.61 Å². The van der Waals surface area contributed by atoms with E-state index >= 15 is 0 Å². The normalized spacial score (nSPS) is 34.8. The Morgan fingerprint density at radius 1 is 1.21 bits per heavy atom. The molecule has 1 N–H and O–H groups in total. The second kappa shape index (κ2) is 5.22. The second-order valence-corrected chi connectivity index (χ2v) is 5.91. The predicted molar refractivity (Wildman–Crippen MR) is 71.4 cm³/mol. The van der Waals surface area contributed by atoms with Gasteiger partial charge in [-0.3, -0.25) is 0 Å². The number of ether oxygens (including phenoxy) is 1. The molecule has 104 valence electrons. The van der Waals surface area contributed by atoms with Gasteiger partial charge in [0, 0.05) is 6.61 Å². The first-order chi connectivity index (χ1) is 9.18. The summed E-state index contributed by atoms with van der Waals surface area (Å²) in [4.78, 5) is 0. The van der Waals surface area contributed by atoms with Gasteiger partial charge in [0.1, 0.15) is 5.82 Å². The lowest BCUT2D eigenvalue weighted by Gasteiger charge is -2.48. The standard InChI is InChI=1S/C16H21FO2/c17-14-6-4-12(5-7-14)11-13-8-10-19-15-3-1-2-9-16(13,15)18/h4-7,13,15,18H,1-3,8-11H2/t13-,15-,16-/m0/s1. The van der Waals surface area contributed by atoms with Crippen molar-refractivity contribution < 1.29 is 14.2 Å². The van der Waals surface area contributed by atoms with Crippen LogP contribution in [-0.4, -0.2) is 23.4 Å². The third-order valence-electron chi connectivity index (χ3n) is 4.74. The number of aliphatic hydroxyl groups is 1. The van der Waals surface area contributed by atoms with E-state index in [0.29, 0.717) is 0 Å². The number of rotatable bonds is 2. The Bertz CT molecular complexity index is 429. The second-order valence-electron chi connectivity index (χ2n) is 5.91. The Morgan fingerprint density at radius 2 is 2.00 bits per heavy atom. The van der Waals surface area contributed by atoms with Crippen LogP contribution in [0.1, 0.15) is 37.7 Å². The van der Waals surface area contributed by atoms with Crippen LogP contribution in [0.25, 0.3) is 0 Å². The van der Waals surface area contributed by atoms with E-state index in [2.05, 4.69) is 0 Å². The Balaban J connectivity index is 1.77. The molecule has 1 aromatic rings. The van der Waals surface area contributed by atoms with E-state index in [9.17, 15) is 9.50 Å². The summed E-state index contributed by atoms with van der Waals surface area (Å²) < 4.78 is 18.7. The minimum Gasteiger partial charge on any atom is -0.387 e. The Labute approximate surface area is 113 Å². The van der Waals surface area contributed by atoms with E-state index < -0.39 is 5.60 Å². The third kappa shape index (κ3) is 2.54. The molecule has 0 unspecified atom stereocenters. The summed E-state index contributed by atoms with van der Waals surface area (Å²) in [6.45, 7) is 0.735. The molecular weight excluding hydrogens is 243 g/mol. The molecular formula is C16H21FO2. The van der Waals surface area contributed by atoms with Crippen molar-refractivity contribution in [3.8, 4) is 0 Å². The molecule has 3 atom stereocenters. The van der Waals surface area contributed by atoms with Crippen LogP contribution in [0.2, 0.25) is 0 Å². The van der Waals surface area contributed by atoms with Crippen LogP contribution in [0, 0.1) is 11.7 Å². The first-order valence-corrected chi connectivity index (χ1v) is 7.27. The Kier molecular flexibility index (Phi) is 3.59. The van der Waals surface area contributed by atoms with Gasteiger partial charge in [-0.05, 0) is 49.3 Å². The quantitative estimate of drug-likeness (QED) is 0.889. The van der Waals surface area contributed by atoms with E-state index in [1.807, 2.05) is 12.1 Å². The minimum absolute atomic E-state index is 0.000415. The molecule has 1 heterocycles. The number of halogens is 1. The van der Waals surface area contributed by atoms with Gasteiger partial charge in [-0.1, -0.05) is 25.0 Å². The zero-order valence-corrected chi connectivity index (χ0v) is 11.1. The largest absolute Gasteiger partial charge is 0.387 e.